The van der Waals surface area contributed by atoms with Crippen molar-refractivity contribution >= 4 is 37.3 Å². The van der Waals surface area contributed by atoms with E-state index in [1.165, 1.54) is 11.3 Å². The van der Waals surface area contributed by atoms with Crippen molar-refractivity contribution in [1.29, 1.82) is 0 Å². The second-order valence-electron chi connectivity index (χ2n) is 3.63. The van der Waals surface area contributed by atoms with Gasteiger partial charge in [0, 0.05) is 17.5 Å². The van der Waals surface area contributed by atoms with Crippen molar-refractivity contribution in [2.45, 2.75) is 31.2 Å². The smallest absolute Gasteiger partial charge is 0.241 e. The Morgan fingerprint density at radius 1 is 1.62 bits per heavy atom. The van der Waals surface area contributed by atoms with Crippen LogP contribution in [0.1, 0.15) is 18.2 Å². The molecule has 0 spiro atoms. The number of hydrogen-bond donors (Lipinski definition) is 2. The summed E-state index contributed by atoms with van der Waals surface area (Å²) in [6.07, 6.45) is 0.629. The molecule has 7 heteroatoms. The van der Waals surface area contributed by atoms with Gasteiger partial charge in [-0.1, -0.05) is 0 Å². The summed E-state index contributed by atoms with van der Waals surface area (Å²) in [6.45, 7) is 4.00. The van der Waals surface area contributed by atoms with Gasteiger partial charge < -0.3 is 5.73 Å². The van der Waals surface area contributed by atoms with Gasteiger partial charge in [0.15, 0.2) is 0 Å². The number of rotatable bonds is 5. The van der Waals surface area contributed by atoms with E-state index in [9.17, 15) is 8.42 Å². The van der Waals surface area contributed by atoms with Gasteiger partial charge in [0.1, 0.15) is 0 Å². The van der Waals surface area contributed by atoms with Gasteiger partial charge in [0.05, 0.1) is 8.68 Å². The van der Waals surface area contributed by atoms with Crippen LogP contribution < -0.4 is 10.5 Å². The van der Waals surface area contributed by atoms with Gasteiger partial charge in [-0.25, -0.2) is 13.1 Å². The molecule has 1 heterocycles. The normalized spacial score (nSPS) is 14.0. The third-order valence-corrected chi connectivity index (χ3v) is 5.29. The molecule has 1 atom stereocenters. The van der Waals surface area contributed by atoms with Crippen molar-refractivity contribution in [3.8, 4) is 0 Å². The van der Waals surface area contributed by atoms with Gasteiger partial charge in [-0.05, 0) is 42.3 Å². The number of hydrogen-bond acceptors (Lipinski definition) is 4. The van der Waals surface area contributed by atoms with E-state index in [-0.39, 0.29) is 6.04 Å². The van der Waals surface area contributed by atoms with Crippen LogP contribution in [0.4, 0.5) is 0 Å². The fourth-order valence-electron chi connectivity index (χ4n) is 1.20. The molecule has 1 aromatic rings. The van der Waals surface area contributed by atoms with Gasteiger partial charge in [-0.3, -0.25) is 0 Å². The van der Waals surface area contributed by atoms with Crippen LogP contribution in [0.5, 0.6) is 0 Å². The molecule has 0 radical (unpaired) electrons. The van der Waals surface area contributed by atoms with Crippen LogP contribution in [0.3, 0.4) is 0 Å². The van der Waals surface area contributed by atoms with Gasteiger partial charge in [0.25, 0.3) is 0 Å². The van der Waals surface area contributed by atoms with E-state index in [0.717, 1.165) is 8.66 Å². The molecule has 0 aliphatic rings. The summed E-state index contributed by atoms with van der Waals surface area (Å²) in [5.41, 5.74) is 5.55. The Bertz CT molecular complexity index is 454. The highest BCUT2D eigenvalue weighted by Crippen LogP contribution is 2.29. The summed E-state index contributed by atoms with van der Waals surface area (Å²) in [7, 11) is -3.39. The lowest BCUT2D eigenvalue weighted by Crippen LogP contribution is -2.29. The van der Waals surface area contributed by atoms with E-state index in [2.05, 4.69) is 20.7 Å². The van der Waals surface area contributed by atoms with Crippen LogP contribution in [0.15, 0.2) is 14.7 Å². The molecule has 1 aromatic heterocycles. The van der Waals surface area contributed by atoms with Crippen molar-refractivity contribution < 1.29 is 8.42 Å². The molecule has 4 nitrogen and oxygen atoms in total. The van der Waals surface area contributed by atoms with Gasteiger partial charge in [-0.2, -0.15) is 0 Å². The number of sulfonamides is 1. The Morgan fingerprint density at radius 3 is 2.69 bits per heavy atom. The topological polar surface area (TPSA) is 72.2 Å². The van der Waals surface area contributed by atoms with Crippen LogP contribution in [0, 0.1) is 6.92 Å². The first-order valence-electron chi connectivity index (χ1n) is 4.84. The Morgan fingerprint density at radius 2 is 2.25 bits per heavy atom. The molecular formula is C9H15BrN2O2S2. The maximum atomic E-state index is 11.9. The van der Waals surface area contributed by atoms with E-state index in [0.29, 0.717) is 17.9 Å². The first-order chi connectivity index (χ1) is 7.33. The molecule has 0 saturated carbocycles. The summed E-state index contributed by atoms with van der Waals surface area (Å²) in [5.74, 6) is 0. The minimum Gasteiger partial charge on any atom is -0.328 e. The quantitative estimate of drug-likeness (QED) is 0.867. The SMILES string of the molecule is Cc1sc(Br)cc1S(=O)(=O)NCC[C@@H](C)N. The maximum absolute atomic E-state index is 11.9. The van der Waals surface area contributed by atoms with Gasteiger partial charge in [0.2, 0.25) is 10.0 Å². The van der Waals surface area contributed by atoms with Crippen LogP contribution in [-0.2, 0) is 10.0 Å². The average molecular weight is 327 g/mol. The molecule has 0 amide bonds. The Labute approximate surface area is 108 Å². The monoisotopic (exact) mass is 326 g/mol. The second-order valence-corrected chi connectivity index (χ2v) is 8.01. The Balaban J connectivity index is 2.75. The van der Waals surface area contributed by atoms with Crippen molar-refractivity contribution in [2.24, 2.45) is 5.73 Å². The Kier molecular flexibility index (Phi) is 4.93. The number of halogens is 1. The minimum absolute atomic E-state index is 0.00184. The van der Waals surface area contributed by atoms with Gasteiger partial charge in [-0.15, -0.1) is 11.3 Å². The summed E-state index contributed by atoms with van der Waals surface area (Å²) >= 11 is 4.68. The molecule has 3 N–H and O–H groups in total. The minimum atomic E-state index is -3.39. The zero-order chi connectivity index (χ0) is 12.3. The molecule has 0 unspecified atom stereocenters. The molecule has 0 fully saturated rings. The molecule has 0 bridgehead atoms. The zero-order valence-corrected chi connectivity index (χ0v) is 12.4. The van der Waals surface area contributed by atoms with Crippen LogP contribution in [0.2, 0.25) is 0 Å². The second kappa shape index (κ2) is 5.59. The first-order valence-corrected chi connectivity index (χ1v) is 7.93. The van der Waals surface area contributed by atoms with Crippen molar-refractivity contribution in [2.75, 3.05) is 6.54 Å². The standard InChI is InChI=1S/C9H15BrN2O2S2/c1-6(11)3-4-12-16(13,14)8-5-9(10)15-7(8)2/h5-6,12H,3-4,11H2,1-2H3/t6-/m1/s1. The van der Waals surface area contributed by atoms with Crippen LogP contribution in [-0.4, -0.2) is 21.0 Å². The fourth-order valence-corrected chi connectivity index (χ4v) is 4.66. The van der Waals surface area contributed by atoms with Crippen LogP contribution in [0.25, 0.3) is 0 Å². The molecule has 0 aliphatic carbocycles. The number of nitrogens with two attached hydrogens (primary N) is 1. The third-order valence-electron chi connectivity index (χ3n) is 2.02. The highest BCUT2D eigenvalue weighted by atomic mass is 79.9. The summed E-state index contributed by atoms with van der Waals surface area (Å²) < 4.78 is 27.1. The van der Waals surface area contributed by atoms with Crippen molar-refractivity contribution in [1.82, 2.24) is 4.72 Å². The highest BCUT2D eigenvalue weighted by Gasteiger charge is 2.18. The average Bonchev–Trinajstić information content (AvgIpc) is 2.44. The fraction of sp³-hybridized carbons (Fsp3) is 0.556. The summed E-state index contributed by atoms with van der Waals surface area (Å²) in [6, 6.07) is 1.62. The third kappa shape index (κ3) is 3.81. The molecule has 92 valence electrons. The van der Waals surface area contributed by atoms with E-state index >= 15 is 0 Å². The summed E-state index contributed by atoms with van der Waals surface area (Å²) in [4.78, 5) is 1.12. The predicted molar refractivity (Wildman–Crippen MR) is 70.2 cm³/mol. The zero-order valence-electron chi connectivity index (χ0n) is 9.16. The molecular weight excluding hydrogens is 312 g/mol. The van der Waals surface area contributed by atoms with Crippen molar-refractivity contribution in [3.05, 3.63) is 14.7 Å². The largest absolute Gasteiger partial charge is 0.328 e. The molecule has 0 saturated heterocycles. The lowest BCUT2D eigenvalue weighted by molar-refractivity contribution is 0.571. The Hall–Kier alpha value is 0.0500. The van der Waals surface area contributed by atoms with E-state index in [1.54, 1.807) is 13.0 Å². The molecule has 1 rings (SSSR count). The summed E-state index contributed by atoms with van der Waals surface area (Å²) in [5, 5.41) is 0. The van der Waals surface area contributed by atoms with Gasteiger partial charge >= 0.3 is 0 Å². The van der Waals surface area contributed by atoms with E-state index in [1.807, 2.05) is 6.92 Å². The highest BCUT2D eigenvalue weighted by molar-refractivity contribution is 9.11. The number of nitrogens with one attached hydrogen (secondary N) is 1. The van der Waals surface area contributed by atoms with E-state index < -0.39 is 10.0 Å². The predicted octanol–water partition coefficient (Wildman–Crippen LogP) is 1.83. The van der Waals surface area contributed by atoms with E-state index in [4.69, 9.17) is 5.73 Å². The van der Waals surface area contributed by atoms with Crippen LogP contribution >= 0.6 is 27.3 Å². The number of aryl methyl sites for hydroxylation is 1. The number of thiophene rings is 1. The maximum Gasteiger partial charge on any atom is 0.241 e. The van der Waals surface area contributed by atoms with Crippen molar-refractivity contribution in [3.63, 3.8) is 0 Å². The molecule has 0 aliphatic heterocycles. The lowest BCUT2D eigenvalue weighted by atomic mass is 10.3. The molecule has 16 heavy (non-hydrogen) atoms. The lowest BCUT2D eigenvalue weighted by Gasteiger charge is -2.07. The molecule has 0 aromatic carbocycles. The first kappa shape index (κ1) is 14.1.